The highest BCUT2D eigenvalue weighted by Crippen LogP contribution is 2.42. The topological polar surface area (TPSA) is 64.1 Å². The molecule has 0 bridgehead atoms. The van der Waals surface area contributed by atoms with E-state index in [1.807, 2.05) is 18.2 Å². The molecule has 0 aliphatic heterocycles. The van der Waals surface area contributed by atoms with E-state index >= 15 is 0 Å². The molecule has 1 heterocycles. The molecule has 0 radical (unpaired) electrons. The number of hydrogen-bond acceptors (Lipinski definition) is 5. The van der Waals surface area contributed by atoms with Gasteiger partial charge in [0, 0.05) is 5.92 Å². The van der Waals surface area contributed by atoms with E-state index in [2.05, 4.69) is 42.4 Å². The number of amides is 1. The van der Waals surface area contributed by atoms with Crippen molar-refractivity contribution in [3.8, 4) is 5.75 Å². The number of nitrogens with one attached hydrogen (secondary N) is 1. The molecule has 23 heavy (non-hydrogen) atoms. The first kappa shape index (κ1) is 15.9. The summed E-state index contributed by atoms with van der Waals surface area (Å²) in [5, 5.41) is 12.4. The second-order valence-electron chi connectivity index (χ2n) is 6.83. The number of nitrogens with zero attached hydrogens (tertiary/aromatic N) is 2. The molecular formula is C17H21N3O2S. The van der Waals surface area contributed by atoms with Crippen LogP contribution in [0.15, 0.2) is 24.3 Å². The van der Waals surface area contributed by atoms with Crippen LogP contribution in [0.25, 0.3) is 0 Å². The molecule has 1 aromatic heterocycles. The van der Waals surface area contributed by atoms with E-state index in [9.17, 15) is 4.79 Å². The molecule has 5 nitrogen and oxygen atoms in total. The Morgan fingerprint density at radius 3 is 2.83 bits per heavy atom. The average molecular weight is 331 g/mol. The van der Waals surface area contributed by atoms with Gasteiger partial charge in [0.05, 0.1) is 0 Å². The minimum atomic E-state index is -0.218. The fourth-order valence-electron chi connectivity index (χ4n) is 2.14. The van der Waals surface area contributed by atoms with Crippen molar-refractivity contribution in [3.63, 3.8) is 0 Å². The van der Waals surface area contributed by atoms with E-state index < -0.39 is 0 Å². The van der Waals surface area contributed by atoms with Crippen LogP contribution in [0.3, 0.4) is 0 Å². The SMILES string of the molecule is CC(C)(C)c1cccc(OCC(=O)Nc2nnc(C3CC3)s2)c1. The van der Waals surface area contributed by atoms with Crippen LogP contribution < -0.4 is 10.1 Å². The van der Waals surface area contributed by atoms with Crippen LogP contribution in [0.5, 0.6) is 5.75 Å². The van der Waals surface area contributed by atoms with Crippen LogP contribution in [-0.2, 0) is 10.2 Å². The quantitative estimate of drug-likeness (QED) is 0.906. The van der Waals surface area contributed by atoms with Crippen molar-refractivity contribution in [2.75, 3.05) is 11.9 Å². The van der Waals surface area contributed by atoms with Crippen molar-refractivity contribution in [1.29, 1.82) is 0 Å². The summed E-state index contributed by atoms with van der Waals surface area (Å²) in [5.74, 6) is 1.03. The predicted octanol–water partition coefficient (Wildman–Crippen LogP) is 3.73. The fourth-order valence-corrected chi connectivity index (χ4v) is 3.07. The van der Waals surface area contributed by atoms with Crippen molar-refractivity contribution in [1.82, 2.24) is 10.2 Å². The fraction of sp³-hybridized carbons (Fsp3) is 0.471. The molecule has 1 fully saturated rings. The summed E-state index contributed by atoms with van der Waals surface area (Å²) >= 11 is 1.45. The molecule has 1 aliphatic rings. The first-order chi connectivity index (χ1) is 10.9. The standard InChI is InChI=1S/C17H21N3O2S/c1-17(2,3)12-5-4-6-13(9-12)22-10-14(21)18-16-20-19-15(23-16)11-7-8-11/h4-6,9,11H,7-8,10H2,1-3H3,(H,18,20,21). The monoisotopic (exact) mass is 331 g/mol. The number of carbonyl (C=O) groups is 1. The van der Waals surface area contributed by atoms with Gasteiger partial charge in [0.2, 0.25) is 5.13 Å². The van der Waals surface area contributed by atoms with Gasteiger partial charge >= 0.3 is 0 Å². The Morgan fingerprint density at radius 1 is 1.35 bits per heavy atom. The molecule has 3 rings (SSSR count). The van der Waals surface area contributed by atoms with E-state index in [0.717, 1.165) is 5.01 Å². The van der Waals surface area contributed by atoms with E-state index in [1.165, 1.54) is 29.7 Å². The summed E-state index contributed by atoms with van der Waals surface area (Å²) in [5.41, 5.74) is 1.22. The molecule has 0 unspecified atom stereocenters. The van der Waals surface area contributed by atoms with Crippen LogP contribution in [-0.4, -0.2) is 22.7 Å². The molecule has 0 spiro atoms. The highest BCUT2D eigenvalue weighted by molar-refractivity contribution is 7.15. The smallest absolute Gasteiger partial charge is 0.264 e. The Hall–Kier alpha value is -1.95. The number of anilines is 1. The third-order valence-electron chi connectivity index (χ3n) is 3.68. The van der Waals surface area contributed by atoms with Crippen LogP contribution in [0.2, 0.25) is 0 Å². The van der Waals surface area contributed by atoms with Gasteiger partial charge in [0.1, 0.15) is 10.8 Å². The minimum absolute atomic E-state index is 0.0358. The van der Waals surface area contributed by atoms with E-state index in [-0.39, 0.29) is 17.9 Å². The minimum Gasteiger partial charge on any atom is -0.484 e. The average Bonchev–Trinajstić information content (AvgIpc) is 3.25. The Morgan fingerprint density at radius 2 is 2.13 bits per heavy atom. The van der Waals surface area contributed by atoms with Gasteiger partial charge in [0.15, 0.2) is 6.61 Å². The largest absolute Gasteiger partial charge is 0.484 e. The molecular weight excluding hydrogens is 310 g/mol. The number of benzene rings is 1. The third kappa shape index (κ3) is 4.28. The van der Waals surface area contributed by atoms with E-state index in [1.54, 1.807) is 0 Å². The van der Waals surface area contributed by atoms with Crippen molar-refractivity contribution >= 4 is 22.4 Å². The number of rotatable bonds is 5. The lowest BCUT2D eigenvalue weighted by molar-refractivity contribution is -0.118. The summed E-state index contributed by atoms with van der Waals surface area (Å²) < 4.78 is 5.59. The molecule has 1 aromatic carbocycles. The summed E-state index contributed by atoms with van der Waals surface area (Å²) in [6, 6.07) is 7.84. The highest BCUT2D eigenvalue weighted by Gasteiger charge is 2.27. The second-order valence-corrected chi connectivity index (χ2v) is 7.84. The maximum atomic E-state index is 12.0. The Bertz CT molecular complexity index is 702. The Labute approximate surface area is 140 Å². The maximum absolute atomic E-state index is 12.0. The molecule has 2 aromatic rings. The van der Waals surface area contributed by atoms with Crippen molar-refractivity contribution in [2.24, 2.45) is 0 Å². The first-order valence-electron chi connectivity index (χ1n) is 7.78. The number of aromatic nitrogens is 2. The first-order valence-corrected chi connectivity index (χ1v) is 8.60. The number of carbonyl (C=O) groups excluding carboxylic acids is 1. The molecule has 1 N–H and O–H groups in total. The van der Waals surface area contributed by atoms with Crippen LogP contribution in [0.1, 0.15) is 50.1 Å². The Balaban J connectivity index is 1.54. The molecule has 122 valence electrons. The van der Waals surface area contributed by atoms with E-state index in [4.69, 9.17) is 4.74 Å². The van der Waals surface area contributed by atoms with Crippen LogP contribution in [0, 0.1) is 0 Å². The molecule has 6 heteroatoms. The van der Waals surface area contributed by atoms with Gasteiger partial charge in [0.25, 0.3) is 5.91 Å². The summed E-state index contributed by atoms with van der Waals surface area (Å²) in [7, 11) is 0. The zero-order valence-corrected chi connectivity index (χ0v) is 14.4. The maximum Gasteiger partial charge on any atom is 0.264 e. The van der Waals surface area contributed by atoms with Crippen molar-refractivity contribution in [2.45, 2.75) is 44.9 Å². The summed E-state index contributed by atoms with van der Waals surface area (Å²) in [4.78, 5) is 12.0. The van der Waals surface area contributed by atoms with Crippen LogP contribution >= 0.6 is 11.3 Å². The van der Waals surface area contributed by atoms with Crippen molar-refractivity contribution < 1.29 is 9.53 Å². The highest BCUT2D eigenvalue weighted by atomic mass is 32.1. The van der Waals surface area contributed by atoms with Gasteiger partial charge in [-0.25, -0.2) is 0 Å². The second kappa shape index (κ2) is 6.28. The van der Waals surface area contributed by atoms with Gasteiger partial charge in [-0.15, -0.1) is 10.2 Å². The van der Waals surface area contributed by atoms with Gasteiger partial charge < -0.3 is 4.74 Å². The van der Waals surface area contributed by atoms with Gasteiger partial charge in [-0.05, 0) is 36.0 Å². The lowest BCUT2D eigenvalue weighted by Gasteiger charge is -2.19. The number of ether oxygens (including phenoxy) is 1. The van der Waals surface area contributed by atoms with Crippen molar-refractivity contribution in [3.05, 3.63) is 34.8 Å². The lowest BCUT2D eigenvalue weighted by atomic mass is 9.87. The van der Waals surface area contributed by atoms with Gasteiger partial charge in [-0.3, -0.25) is 10.1 Å². The molecule has 1 saturated carbocycles. The molecule has 1 aliphatic carbocycles. The molecule has 0 atom stereocenters. The predicted molar refractivity (Wildman–Crippen MR) is 91.2 cm³/mol. The summed E-state index contributed by atoms with van der Waals surface area (Å²) in [6.07, 6.45) is 2.35. The van der Waals surface area contributed by atoms with Crippen LogP contribution in [0.4, 0.5) is 5.13 Å². The number of hydrogen-bond donors (Lipinski definition) is 1. The Kier molecular flexibility index (Phi) is 4.35. The van der Waals surface area contributed by atoms with Gasteiger partial charge in [-0.2, -0.15) is 0 Å². The summed E-state index contributed by atoms with van der Waals surface area (Å²) in [6.45, 7) is 6.40. The molecule has 1 amide bonds. The third-order valence-corrected chi connectivity index (χ3v) is 4.68. The van der Waals surface area contributed by atoms with E-state index in [0.29, 0.717) is 16.8 Å². The normalized spacial score (nSPS) is 14.6. The molecule has 0 saturated heterocycles. The lowest BCUT2D eigenvalue weighted by Crippen LogP contribution is -2.20. The zero-order valence-electron chi connectivity index (χ0n) is 13.6. The zero-order chi connectivity index (χ0) is 16.4. The van der Waals surface area contributed by atoms with Gasteiger partial charge in [-0.1, -0.05) is 44.2 Å².